The molecule has 2 heterocycles. The summed E-state index contributed by atoms with van der Waals surface area (Å²) in [5, 5.41) is 13.6. The highest BCUT2D eigenvalue weighted by atomic mass is 32.2. The molecule has 3 unspecified atom stereocenters. The topological polar surface area (TPSA) is 105 Å². The van der Waals surface area contributed by atoms with Crippen LogP contribution in [0.5, 0.6) is 23.0 Å². The molecule has 49 heavy (non-hydrogen) atoms. The first kappa shape index (κ1) is 36.4. The fourth-order valence-electron chi connectivity index (χ4n) is 7.02. The SMILES string of the molecule is COc1cc(CCN2CCN(CC#CCOc3ccc(F)cc3C3(C(C)C)[NH+]([O-])C(C)c4ccccc4S3(=O)=O)CC2)cc(OC)c1OC. The van der Waals surface area contributed by atoms with Gasteiger partial charge in [0.05, 0.1) is 38.3 Å². The lowest BCUT2D eigenvalue weighted by Crippen LogP contribution is -3.17. The number of nitrogens with one attached hydrogen (secondary N) is 1. The Kier molecular flexibility index (Phi) is 11.4. The molecule has 5 rings (SSSR count). The maximum Gasteiger partial charge on any atom is 0.239 e. The summed E-state index contributed by atoms with van der Waals surface area (Å²) in [5.74, 6) is 6.84. The van der Waals surface area contributed by atoms with Crippen LogP contribution in [0.4, 0.5) is 4.39 Å². The van der Waals surface area contributed by atoms with Crippen molar-refractivity contribution in [3.63, 3.8) is 0 Å². The standard InChI is InChI=1S/C37H46FN3O7S/c1-26(2)37(41(42)27(3)30-11-7-8-12-35(30)49(37,43)44)31-25-29(38)13-14-32(31)48-22-10-9-16-39-18-20-40(21-19-39)17-15-28-23-33(45-4)36(47-6)34(24-28)46-5/h7-8,11-14,23-27,41H,15-22H2,1-6H3. The summed E-state index contributed by atoms with van der Waals surface area (Å²) in [6.07, 6.45) is 0.843. The number of hydroxylamine groups is 2. The zero-order valence-corrected chi connectivity index (χ0v) is 29.9. The average Bonchev–Trinajstić information content (AvgIpc) is 3.10. The first-order chi connectivity index (χ1) is 23.5. The molecule has 0 radical (unpaired) electrons. The lowest BCUT2D eigenvalue weighted by Gasteiger charge is -2.51. The second kappa shape index (κ2) is 15.4. The molecule has 0 aliphatic carbocycles. The van der Waals surface area contributed by atoms with E-state index in [-0.39, 0.29) is 22.8 Å². The summed E-state index contributed by atoms with van der Waals surface area (Å²) in [6.45, 7) is 10.0. The minimum Gasteiger partial charge on any atom is -0.632 e. The number of fused-ring (bicyclic) bond motifs is 1. The molecule has 0 saturated carbocycles. The first-order valence-corrected chi connectivity index (χ1v) is 18.0. The number of methoxy groups -OCH3 is 3. The molecule has 1 N–H and O–H groups in total. The van der Waals surface area contributed by atoms with Gasteiger partial charge in [0.25, 0.3) is 0 Å². The maximum absolute atomic E-state index is 14.8. The number of hydrogen-bond acceptors (Lipinski definition) is 9. The Hall–Kier alpha value is -3.86. The molecule has 10 nitrogen and oxygen atoms in total. The van der Waals surface area contributed by atoms with Crippen LogP contribution in [0.15, 0.2) is 59.5 Å². The van der Waals surface area contributed by atoms with Crippen molar-refractivity contribution in [3.05, 3.63) is 82.3 Å². The van der Waals surface area contributed by atoms with Crippen LogP contribution in [0.2, 0.25) is 0 Å². The van der Waals surface area contributed by atoms with Gasteiger partial charge in [-0.3, -0.25) is 4.90 Å². The van der Waals surface area contributed by atoms with Gasteiger partial charge < -0.3 is 34.1 Å². The zero-order valence-electron chi connectivity index (χ0n) is 29.0. The van der Waals surface area contributed by atoms with Gasteiger partial charge in [0.2, 0.25) is 20.5 Å². The number of hydrogen-bond donors (Lipinski definition) is 1. The van der Waals surface area contributed by atoms with E-state index < -0.39 is 37.5 Å². The molecule has 3 atom stereocenters. The van der Waals surface area contributed by atoms with Gasteiger partial charge in [-0.2, -0.15) is 0 Å². The van der Waals surface area contributed by atoms with Crippen molar-refractivity contribution in [1.29, 1.82) is 0 Å². The van der Waals surface area contributed by atoms with E-state index in [4.69, 9.17) is 18.9 Å². The van der Waals surface area contributed by atoms with Gasteiger partial charge in [-0.1, -0.05) is 43.9 Å². The molecular weight excluding hydrogens is 649 g/mol. The van der Waals surface area contributed by atoms with Crippen LogP contribution in [0.3, 0.4) is 0 Å². The minimum absolute atomic E-state index is 0.0123. The van der Waals surface area contributed by atoms with E-state index in [1.165, 1.54) is 18.2 Å². The van der Waals surface area contributed by atoms with Crippen molar-refractivity contribution in [2.24, 2.45) is 5.92 Å². The molecule has 1 saturated heterocycles. The number of quaternary nitrogens is 1. The summed E-state index contributed by atoms with van der Waals surface area (Å²) >= 11 is 0. The summed E-state index contributed by atoms with van der Waals surface area (Å²) in [6, 6.07) is 13.5. The normalized spacial score (nSPS) is 22.1. The second-order valence-corrected chi connectivity index (χ2v) is 14.8. The number of ether oxygens (including phenoxy) is 4. The molecule has 3 aromatic carbocycles. The molecule has 12 heteroatoms. The Balaban J connectivity index is 1.21. The first-order valence-electron chi connectivity index (χ1n) is 16.5. The summed E-state index contributed by atoms with van der Waals surface area (Å²) in [5.41, 5.74) is 1.57. The van der Waals surface area contributed by atoms with Gasteiger partial charge in [0.1, 0.15) is 24.2 Å². The zero-order chi connectivity index (χ0) is 35.3. The third-order valence-corrected chi connectivity index (χ3v) is 12.3. The van der Waals surface area contributed by atoms with Crippen molar-refractivity contribution in [2.75, 3.05) is 67.2 Å². The number of benzene rings is 3. The van der Waals surface area contributed by atoms with Crippen molar-refractivity contribution in [3.8, 4) is 34.8 Å². The van der Waals surface area contributed by atoms with Crippen molar-refractivity contribution in [2.45, 2.75) is 43.0 Å². The number of halogens is 1. The van der Waals surface area contributed by atoms with Gasteiger partial charge in [-0.05, 0) is 55.3 Å². The molecule has 2 aliphatic rings. The number of nitrogens with zero attached hydrogens (tertiary/aromatic N) is 2. The van der Waals surface area contributed by atoms with Crippen LogP contribution in [-0.4, -0.2) is 85.4 Å². The van der Waals surface area contributed by atoms with Gasteiger partial charge in [0, 0.05) is 44.2 Å². The third-order valence-electron chi connectivity index (χ3n) is 9.65. The highest BCUT2D eigenvalue weighted by molar-refractivity contribution is 7.92. The Bertz CT molecular complexity index is 1780. The molecule has 0 bridgehead atoms. The second-order valence-electron chi connectivity index (χ2n) is 12.7. The largest absolute Gasteiger partial charge is 0.632 e. The summed E-state index contributed by atoms with van der Waals surface area (Å²) < 4.78 is 65.8. The smallest absolute Gasteiger partial charge is 0.239 e. The molecule has 1 fully saturated rings. The summed E-state index contributed by atoms with van der Waals surface area (Å²) in [4.78, 5) is 2.76. The molecular formula is C37H46FN3O7S. The van der Waals surface area contributed by atoms with E-state index >= 15 is 0 Å². The number of sulfone groups is 1. The molecule has 0 amide bonds. The lowest BCUT2D eigenvalue weighted by atomic mass is 9.91. The number of rotatable bonds is 11. The van der Waals surface area contributed by atoms with Crippen molar-refractivity contribution in [1.82, 2.24) is 9.80 Å². The van der Waals surface area contributed by atoms with Crippen molar-refractivity contribution < 1.29 is 36.8 Å². The lowest BCUT2D eigenvalue weighted by molar-refractivity contribution is -0.931. The fraction of sp³-hybridized carbons (Fsp3) is 0.459. The predicted molar refractivity (Wildman–Crippen MR) is 185 cm³/mol. The maximum atomic E-state index is 14.8. The number of piperazine rings is 1. The molecule has 0 aromatic heterocycles. The Morgan fingerprint density at radius 3 is 2.22 bits per heavy atom. The molecule has 264 valence electrons. The minimum atomic E-state index is -4.26. The van der Waals surface area contributed by atoms with E-state index in [1.807, 2.05) is 12.1 Å². The van der Waals surface area contributed by atoms with E-state index in [0.29, 0.717) is 29.4 Å². The van der Waals surface area contributed by atoms with Crippen LogP contribution < -0.4 is 24.0 Å². The van der Waals surface area contributed by atoms with Gasteiger partial charge in [-0.15, -0.1) is 0 Å². The van der Waals surface area contributed by atoms with Gasteiger partial charge in [-0.25, -0.2) is 12.8 Å². The van der Waals surface area contributed by atoms with Crippen LogP contribution in [0, 0.1) is 28.8 Å². The van der Waals surface area contributed by atoms with Crippen LogP contribution in [0.1, 0.15) is 43.5 Å². The molecule has 2 aliphatic heterocycles. The van der Waals surface area contributed by atoms with Crippen LogP contribution in [-0.2, 0) is 21.1 Å². The Labute approximate surface area is 289 Å². The van der Waals surface area contributed by atoms with E-state index in [0.717, 1.165) is 50.8 Å². The van der Waals surface area contributed by atoms with E-state index in [9.17, 15) is 18.0 Å². The van der Waals surface area contributed by atoms with Crippen LogP contribution in [0.25, 0.3) is 0 Å². The Morgan fingerprint density at radius 2 is 1.59 bits per heavy atom. The highest BCUT2D eigenvalue weighted by Gasteiger charge is 2.61. The molecule has 0 spiro atoms. The van der Waals surface area contributed by atoms with Gasteiger partial charge in [0.15, 0.2) is 11.5 Å². The average molecular weight is 696 g/mol. The monoisotopic (exact) mass is 695 g/mol. The highest BCUT2D eigenvalue weighted by Crippen LogP contribution is 2.46. The Morgan fingerprint density at radius 1 is 0.939 bits per heavy atom. The molecule has 3 aromatic rings. The van der Waals surface area contributed by atoms with Crippen molar-refractivity contribution >= 4 is 9.84 Å². The van der Waals surface area contributed by atoms with E-state index in [1.54, 1.807) is 60.3 Å². The van der Waals surface area contributed by atoms with E-state index in [2.05, 4.69) is 21.6 Å². The summed E-state index contributed by atoms with van der Waals surface area (Å²) in [7, 11) is 0.560. The van der Waals surface area contributed by atoms with Gasteiger partial charge >= 0.3 is 0 Å². The quantitative estimate of drug-likeness (QED) is 0.237. The predicted octanol–water partition coefficient (Wildman–Crippen LogP) is 3.83. The fourth-order valence-corrected chi connectivity index (χ4v) is 9.69. The van der Waals surface area contributed by atoms with Crippen LogP contribution >= 0.6 is 0 Å². The third kappa shape index (κ3) is 6.96.